The molecule has 26 heavy (non-hydrogen) atoms. The van der Waals surface area contributed by atoms with Crippen LogP contribution in [0, 0.1) is 23.2 Å². The molecule has 0 saturated heterocycles. The topological polar surface area (TPSA) is 26.3 Å². The van der Waals surface area contributed by atoms with E-state index < -0.39 is 0 Å². The summed E-state index contributed by atoms with van der Waals surface area (Å²) < 4.78 is 6.13. The van der Waals surface area contributed by atoms with Gasteiger partial charge in [-0.3, -0.25) is 0 Å². The number of allylic oxidation sites excluding steroid dienone is 1. The lowest BCUT2D eigenvalue weighted by atomic mass is 9.55. The first-order valence-corrected chi connectivity index (χ1v) is 10.0. The van der Waals surface area contributed by atoms with Crippen LogP contribution in [-0.4, -0.2) is 12.1 Å². The van der Waals surface area contributed by atoms with E-state index in [1.165, 1.54) is 18.4 Å². The highest BCUT2D eigenvalue weighted by atomic mass is 16.5. The zero-order valence-corrected chi connectivity index (χ0v) is 16.6. The molecule has 1 fully saturated rings. The smallest absolute Gasteiger partial charge is 0.331 e. The van der Waals surface area contributed by atoms with E-state index in [4.69, 9.17) is 4.74 Å². The Balaban J connectivity index is 1.81. The van der Waals surface area contributed by atoms with Gasteiger partial charge < -0.3 is 4.74 Å². The standard InChI is InChI=1S/C24H32O2/c1-17(2)20-14-16-24(4)15-8-9-18(3)22(24)23(20)26-21(25)13-12-19-10-6-5-7-11-19/h5-7,9-13,17,20,22-23H,8,14-16H2,1-4H3/b13-12+/t20-,22+,23+,24+/m0/s1. The molecule has 0 bridgehead atoms. The molecule has 1 aromatic rings. The number of benzene rings is 1. The largest absolute Gasteiger partial charge is 0.458 e. The number of esters is 1. The van der Waals surface area contributed by atoms with Gasteiger partial charge in [0, 0.05) is 12.0 Å². The lowest BCUT2D eigenvalue weighted by molar-refractivity contribution is -0.158. The summed E-state index contributed by atoms with van der Waals surface area (Å²) in [7, 11) is 0. The number of carbonyl (C=O) groups excluding carboxylic acids is 1. The van der Waals surface area contributed by atoms with Gasteiger partial charge in [-0.1, -0.05) is 62.8 Å². The minimum absolute atomic E-state index is 0.0155. The van der Waals surface area contributed by atoms with Gasteiger partial charge in [0.25, 0.3) is 0 Å². The van der Waals surface area contributed by atoms with Gasteiger partial charge in [0.2, 0.25) is 0 Å². The normalized spacial score (nSPS) is 31.6. The SMILES string of the molecule is CC1=CCC[C@]2(C)CC[C@@H](C(C)C)[C@@H](OC(=O)/C=C/c3ccccc3)[C@@H]12. The molecule has 3 rings (SSSR count). The molecule has 2 heteroatoms. The quantitative estimate of drug-likeness (QED) is 0.375. The van der Waals surface area contributed by atoms with Crippen LogP contribution < -0.4 is 0 Å². The molecule has 0 aliphatic heterocycles. The van der Waals surface area contributed by atoms with E-state index in [1.807, 2.05) is 36.4 Å². The van der Waals surface area contributed by atoms with Crippen LogP contribution in [0.15, 0.2) is 48.1 Å². The van der Waals surface area contributed by atoms with Crippen molar-refractivity contribution < 1.29 is 9.53 Å². The maximum absolute atomic E-state index is 12.6. The lowest BCUT2D eigenvalue weighted by Gasteiger charge is -2.52. The van der Waals surface area contributed by atoms with Crippen molar-refractivity contribution in [1.29, 1.82) is 0 Å². The summed E-state index contributed by atoms with van der Waals surface area (Å²) in [4.78, 5) is 12.6. The summed E-state index contributed by atoms with van der Waals surface area (Å²) in [6.07, 6.45) is 10.5. The number of fused-ring (bicyclic) bond motifs is 1. The lowest BCUT2D eigenvalue weighted by Crippen LogP contribution is -2.50. The summed E-state index contributed by atoms with van der Waals surface area (Å²) in [6, 6.07) is 9.91. The summed E-state index contributed by atoms with van der Waals surface area (Å²) in [5.41, 5.74) is 2.69. The predicted octanol–water partition coefficient (Wildman–Crippen LogP) is 6.04. The van der Waals surface area contributed by atoms with Crippen molar-refractivity contribution in [2.45, 2.75) is 59.5 Å². The molecule has 2 nitrogen and oxygen atoms in total. The highest BCUT2D eigenvalue weighted by Crippen LogP contribution is 2.54. The van der Waals surface area contributed by atoms with Crippen molar-refractivity contribution in [3.8, 4) is 0 Å². The van der Waals surface area contributed by atoms with Gasteiger partial charge in [-0.25, -0.2) is 4.79 Å². The van der Waals surface area contributed by atoms with Crippen LogP contribution in [-0.2, 0) is 9.53 Å². The molecule has 0 radical (unpaired) electrons. The van der Waals surface area contributed by atoms with Crippen LogP contribution >= 0.6 is 0 Å². The highest BCUT2D eigenvalue weighted by Gasteiger charge is 2.50. The zero-order chi connectivity index (χ0) is 18.7. The van der Waals surface area contributed by atoms with Crippen LogP contribution in [0.4, 0.5) is 0 Å². The first-order chi connectivity index (χ1) is 12.4. The third-order valence-electron chi connectivity index (χ3n) is 6.54. The van der Waals surface area contributed by atoms with Crippen molar-refractivity contribution in [2.75, 3.05) is 0 Å². The molecule has 2 aliphatic carbocycles. The van der Waals surface area contributed by atoms with Gasteiger partial charge in [0.05, 0.1) is 0 Å². The average molecular weight is 353 g/mol. The van der Waals surface area contributed by atoms with Gasteiger partial charge in [0.15, 0.2) is 0 Å². The van der Waals surface area contributed by atoms with E-state index in [1.54, 1.807) is 6.08 Å². The molecule has 0 heterocycles. The van der Waals surface area contributed by atoms with E-state index in [0.717, 1.165) is 18.4 Å². The van der Waals surface area contributed by atoms with Crippen LogP contribution in [0.2, 0.25) is 0 Å². The summed E-state index contributed by atoms with van der Waals surface area (Å²) in [6.45, 7) is 9.14. The van der Waals surface area contributed by atoms with Crippen LogP contribution in [0.25, 0.3) is 6.08 Å². The summed E-state index contributed by atoms with van der Waals surface area (Å²) in [5, 5.41) is 0. The van der Waals surface area contributed by atoms with E-state index in [0.29, 0.717) is 17.8 Å². The first-order valence-electron chi connectivity index (χ1n) is 10.0. The number of carbonyl (C=O) groups is 1. The molecular formula is C24H32O2. The van der Waals surface area contributed by atoms with Gasteiger partial charge in [0.1, 0.15) is 6.10 Å². The maximum atomic E-state index is 12.6. The van der Waals surface area contributed by atoms with Crippen LogP contribution in [0.3, 0.4) is 0 Å². The fourth-order valence-corrected chi connectivity index (χ4v) is 5.08. The first kappa shape index (κ1) is 18.9. The molecule has 1 aromatic carbocycles. The zero-order valence-electron chi connectivity index (χ0n) is 16.6. The molecular weight excluding hydrogens is 320 g/mol. The van der Waals surface area contributed by atoms with Crippen molar-refractivity contribution in [3.05, 3.63) is 53.6 Å². The van der Waals surface area contributed by atoms with Gasteiger partial charge in [-0.2, -0.15) is 0 Å². The predicted molar refractivity (Wildman–Crippen MR) is 108 cm³/mol. The fraction of sp³-hybridized carbons (Fsp3) is 0.542. The molecule has 0 spiro atoms. The van der Waals surface area contributed by atoms with Crippen molar-refractivity contribution in [1.82, 2.24) is 0 Å². The number of hydrogen-bond acceptors (Lipinski definition) is 2. The Bertz CT molecular complexity index is 685. The average Bonchev–Trinajstić information content (AvgIpc) is 2.60. The Hall–Kier alpha value is -1.83. The number of hydrogen-bond donors (Lipinski definition) is 0. The Morgan fingerprint density at radius 2 is 1.96 bits per heavy atom. The number of ether oxygens (including phenoxy) is 1. The molecule has 2 aliphatic rings. The minimum atomic E-state index is -0.216. The molecule has 4 atom stereocenters. The Morgan fingerprint density at radius 1 is 1.23 bits per heavy atom. The molecule has 140 valence electrons. The summed E-state index contributed by atoms with van der Waals surface area (Å²) in [5.74, 6) is 1.09. The molecule has 0 aromatic heterocycles. The molecule has 0 N–H and O–H groups in total. The van der Waals surface area contributed by atoms with Gasteiger partial charge >= 0.3 is 5.97 Å². The Labute approximate surface area is 158 Å². The Kier molecular flexibility index (Phi) is 5.70. The summed E-state index contributed by atoms with van der Waals surface area (Å²) >= 11 is 0. The molecule has 0 unspecified atom stereocenters. The second kappa shape index (κ2) is 7.82. The monoisotopic (exact) mass is 352 g/mol. The molecule has 1 saturated carbocycles. The van der Waals surface area contributed by atoms with E-state index in [2.05, 4.69) is 33.8 Å². The van der Waals surface area contributed by atoms with Gasteiger partial charge in [-0.05, 0) is 61.5 Å². The molecule has 0 amide bonds. The van der Waals surface area contributed by atoms with Crippen molar-refractivity contribution in [2.24, 2.45) is 23.2 Å². The second-order valence-corrected chi connectivity index (χ2v) is 8.71. The minimum Gasteiger partial charge on any atom is -0.458 e. The van der Waals surface area contributed by atoms with E-state index >= 15 is 0 Å². The number of rotatable bonds is 4. The van der Waals surface area contributed by atoms with Crippen LogP contribution in [0.1, 0.15) is 58.9 Å². The van der Waals surface area contributed by atoms with E-state index in [9.17, 15) is 4.79 Å². The second-order valence-electron chi connectivity index (χ2n) is 8.71. The maximum Gasteiger partial charge on any atom is 0.331 e. The third kappa shape index (κ3) is 3.95. The Morgan fingerprint density at radius 3 is 2.65 bits per heavy atom. The van der Waals surface area contributed by atoms with Crippen molar-refractivity contribution >= 4 is 12.0 Å². The van der Waals surface area contributed by atoms with Crippen molar-refractivity contribution in [3.63, 3.8) is 0 Å². The van der Waals surface area contributed by atoms with E-state index in [-0.39, 0.29) is 17.5 Å². The third-order valence-corrected chi connectivity index (χ3v) is 6.54. The highest BCUT2D eigenvalue weighted by molar-refractivity contribution is 5.87. The fourth-order valence-electron chi connectivity index (χ4n) is 5.08. The van der Waals surface area contributed by atoms with Gasteiger partial charge in [-0.15, -0.1) is 0 Å². The van der Waals surface area contributed by atoms with Crippen LogP contribution in [0.5, 0.6) is 0 Å².